The second-order valence-corrected chi connectivity index (χ2v) is 4.93. The van der Waals surface area contributed by atoms with Crippen LogP contribution in [0.4, 0.5) is 11.4 Å². The second-order valence-electron chi connectivity index (χ2n) is 4.93. The van der Waals surface area contributed by atoms with E-state index in [0.29, 0.717) is 11.4 Å². The van der Waals surface area contributed by atoms with Crippen LogP contribution in [0, 0.1) is 0 Å². The zero-order valence-electron chi connectivity index (χ0n) is 11.4. The summed E-state index contributed by atoms with van der Waals surface area (Å²) in [6, 6.07) is 15.9. The fourth-order valence-electron chi connectivity index (χ4n) is 2.37. The van der Waals surface area contributed by atoms with Crippen molar-refractivity contribution in [2.45, 2.75) is 13.3 Å². The van der Waals surface area contributed by atoms with Crippen molar-refractivity contribution in [2.24, 2.45) is 0 Å². The Morgan fingerprint density at radius 3 is 2.65 bits per heavy atom. The number of fused-ring (bicyclic) bond motifs is 1. The van der Waals surface area contributed by atoms with Gasteiger partial charge in [0.1, 0.15) is 0 Å². The first-order valence-electron chi connectivity index (χ1n) is 6.72. The maximum atomic E-state index is 6.14. The summed E-state index contributed by atoms with van der Waals surface area (Å²) in [6.45, 7) is 2.14. The number of hydrogen-bond donors (Lipinski definition) is 2. The van der Waals surface area contributed by atoms with Gasteiger partial charge in [0.2, 0.25) is 0 Å². The van der Waals surface area contributed by atoms with Gasteiger partial charge in [-0.2, -0.15) is 0 Å². The van der Waals surface area contributed by atoms with Gasteiger partial charge in [0.15, 0.2) is 0 Å². The molecular weight excluding hydrogens is 246 g/mol. The lowest BCUT2D eigenvalue weighted by Crippen LogP contribution is -1.94. The lowest BCUT2D eigenvalue weighted by Gasteiger charge is -2.08. The van der Waals surface area contributed by atoms with Crippen LogP contribution in [-0.2, 0) is 6.42 Å². The van der Waals surface area contributed by atoms with Gasteiger partial charge in [0, 0.05) is 22.3 Å². The minimum atomic E-state index is 0.701. The van der Waals surface area contributed by atoms with Crippen molar-refractivity contribution in [1.82, 2.24) is 4.98 Å². The minimum Gasteiger partial charge on any atom is -0.399 e. The molecule has 0 fully saturated rings. The fourth-order valence-corrected chi connectivity index (χ4v) is 2.37. The van der Waals surface area contributed by atoms with Gasteiger partial charge in [-0.3, -0.25) is 0 Å². The average Bonchev–Trinajstić information content (AvgIpc) is 2.48. The van der Waals surface area contributed by atoms with Crippen molar-refractivity contribution in [2.75, 3.05) is 11.5 Å². The van der Waals surface area contributed by atoms with Crippen molar-refractivity contribution >= 4 is 22.3 Å². The molecule has 0 radical (unpaired) electrons. The Balaban J connectivity index is 2.19. The Morgan fingerprint density at radius 2 is 1.85 bits per heavy atom. The van der Waals surface area contributed by atoms with E-state index in [-0.39, 0.29) is 0 Å². The molecule has 0 saturated carbocycles. The molecule has 3 aromatic rings. The molecule has 0 spiro atoms. The number of pyridine rings is 1. The predicted molar refractivity (Wildman–Crippen MR) is 85.4 cm³/mol. The molecule has 2 aromatic carbocycles. The summed E-state index contributed by atoms with van der Waals surface area (Å²) in [4.78, 5) is 4.69. The van der Waals surface area contributed by atoms with E-state index in [2.05, 4.69) is 36.2 Å². The molecule has 1 aromatic heterocycles. The zero-order chi connectivity index (χ0) is 14.1. The first-order valence-corrected chi connectivity index (χ1v) is 6.72. The van der Waals surface area contributed by atoms with Crippen molar-refractivity contribution < 1.29 is 0 Å². The number of nitrogens with zero attached hydrogens (tertiary/aromatic N) is 1. The van der Waals surface area contributed by atoms with Gasteiger partial charge in [0.25, 0.3) is 0 Å². The molecule has 4 N–H and O–H groups in total. The van der Waals surface area contributed by atoms with E-state index < -0.39 is 0 Å². The molecule has 0 saturated heterocycles. The normalized spacial score (nSPS) is 10.8. The lowest BCUT2D eigenvalue weighted by molar-refractivity contribution is 1.14. The smallest absolute Gasteiger partial charge is 0.0731 e. The van der Waals surface area contributed by atoms with Crippen molar-refractivity contribution in [3.8, 4) is 11.3 Å². The van der Waals surface area contributed by atoms with E-state index in [9.17, 15) is 0 Å². The van der Waals surface area contributed by atoms with Gasteiger partial charge < -0.3 is 11.5 Å². The van der Waals surface area contributed by atoms with Crippen LogP contribution in [0.5, 0.6) is 0 Å². The maximum absolute atomic E-state index is 6.14. The quantitative estimate of drug-likeness (QED) is 0.694. The van der Waals surface area contributed by atoms with Crippen molar-refractivity contribution in [1.29, 1.82) is 0 Å². The summed E-state index contributed by atoms with van der Waals surface area (Å²) in [5.41, 5.74) is 17.5. The summed E-state index contributed by atoms with van der Waals surface area (Å²) in [5, 5.41) is 0.903. The number of aromatic nitrogens is 1. The molecular formula is C17H17N3. The third-order valence-electron chi connectivity index (χ3n) is 3.50. The third-order valence-corrected chi connectivity index (χ3v) is 3.50. The predicted octanol–water partition coefficient (Wildman–Crippen LogP) is 3.63. The second kappa shape index (κ2) is 4.85. The lowest BCUT2D eigenvalue weighted by atomic mass is 10.0. The molecule has 3 rings (SSSR count). The Labute approximate surface area is 118 Å². The number of nitrogens with two attached hydrogens (primary N) is 2. The molecule has 0 aliphatic carbocycles. The van der Waals surface area contributed by atoms with Crippen LogP contribution in [-0.4, -0.2) is 4.98 Å². The van der Waals surface area contributed by atoms with E-state index in [4.69, 9.17) is 11.5 Å². The summed E-state index contributed by atoms with van der Waals surface area (Å²) >= 11 is 0. The van der Waals surface area contributed by atoms with E-state index in [0.717, 1.165) is 28.6 Å². The van der Waals surface area contributed by atoms with Crippen LogP contribution >= 0.6 is 0 Å². The molecule has 0 atom stereocenters. The van der Waals surface area contributed by atoms with Gasteiger partial charge in [0.05, 0.1) is 11.2 Å². The topological polar surface area (TPSA) is 64.9 Å². The van der Waals surface area contributed by atoms with Crippen LogP contribution in [0.15, 0.2) is 48.5 Å². The molecule has 0 bridgehead atoms. The third kappa shape index (κ3) is 2.18. The highest BCUT2D eigenvalue weighted by Gasteiger charge is 2.06. The van der Waals surface area contributed by atoms with E-state index >= 15 is 0 Å². The molecule has 0 amide bonds. The standard InChI is InChI=1S/C17H17N3/c1-2-11-4-3-5-12(8-11)17-10-15(19)14-9-13(18)6-7-16(14)20-17/h3-10H,2,18H2,1H3,(H2,19,20). The van der Waals surface area contributed by atoms with Crippen LogP contribution in [0.3, 0.4) is 0 Å². The van der Waals surface area contributed by atoms with Crippen LogP contribution < -0.4 is 11.5 Å². The highest BCUT2D eigenvalue weighted by molar-refractivity contribution is 5.94. The van der Waals surface area contributed by atoms with Crippen molar-refractivity contribution in [3.63, 3.8) is 0 Å². The maximum Gasteiger partial charge on any atom is 0.0731 e. The molecule has 0 aliphatic heterocycles. The van der Waals surface area contributed by atoms with Gasteiger partial charge >= 0.3 is 0 Å². The molecule has 3 nitrogen and oxygen atoms in total. The van der Waals surface area contributed by atoms with Gasteiger partial charge in [-0.15, -0.1) is 0 Å². The highest BCUT2D eigenvalue weighted by atomic mass is 14.7. The number of rotatable bonds is 2. The van der Waals surface area contributed by atoms with Crippen molar-refractivity contribution in [3.05, 3.63) is 54.1 Å². The largest absolute Gasteiger partial charge is 0.399 e. The SMILES string of the molecule is CCc1cccc(-c2cc(N)c3cc(N)ccc3n2)c1. The van der Waals surface area contributed by atoms with Crippen LogP contribution in [0.2, 0.25) is 0 Å². The van der Waals surface area contributed by atoms with E-state index in [1.165, 1.54) is 5.56 Å². The molecule has 100 valence electrons. The molecule has 0 aliphatic rings. The number of nitrogen functional groups attached to an aromatic ring is 2. The Kier molecular flexibility index (Phi) is 3.03. The summed E-state index contributed by atoms with van der Waals surface area (Å²) in [5.74, 6) is 0. The number of anilines is 2. The number of hydrogen-bond acceptors (Lipinski definition) is 3. The Hall–Kier alpha value is -2.55. The summed E-state index contributed by atoms with van der Waals surface area (Å²) in [7, 11) is 0. The van der Waals surface area contributed by atoms with Crippen LogP contribution in [0.25, 0.3) is 22.2 Å². The summed E-state index contributed by atoms with van der Waals surface area (Å²) in [6.07, 6.45) is 1.01. The number of benzene rings is 2. The van der Waals surface area contributed by atoms with Crippen LogP contribution in [0.1, 0.15) is 12.5 Å². The van der Waals surface area contributed by atoms with E-state index in [1.54, 1.807) is 0 Å². The van der Waals surface area contributed by atoms with E-state index in [1.807, 2.05) is 24.3 Å². The molecule has 0 unspecified atom stereocenters. The number of aryl methyl sites for hydroxylation is 1. The minimum absolute atomic E-state index is 0.701. The van der Waals surface area contributed by atoms with Gasteiger partial charge in [-0.05, 0) is 42.3 Å². The molecule has 3 heteroatoms. The summed E-state index contributed by atoms with van der Waals surface area (Å²) < 4.78 is 0. The highest BCUT2D eigenvalue weighted by Crippen LogP contribution is 2.28. The van der Waals surface area contributed by atoms with Gasteiger partial charge in [-0.25, -0.2) is 4.98 Å². The fraction of sp³-hybridized carbons (Fsp3) is 0.118. The Bertz CT molecular complexity index is 778. The molecule has 1 heterocycles. The monoisotopic (exact) mass is 263 g/mol. The molecule has 20 heavy (non-hydrogen) atoms. The first-order chi connectivity index (χ1) is 9.67. The first kappa shape index (κ1) is 12.5. The average molecular weight is 263 g/mol. The Morgan fingerprint density at radius 1 is 1.00 bits per heavy atom. The zero-order valence-corrected chi connectivity index (χ0v) is 11.4. The van der Waals surface area contributed by atoms with Gasteiger partial charge in [-0.1, -0.05) is 25.1 Å².